The van der Waals surface area contributed by atoms with Crippen molar-refractivity contribution in [3.63, 3.8) is 0 Å². The minimum absolute atomic E-state index is 0.0234. The maximum atomic E-state index is 12.9. The molecular formula is C23H31N2O2S+. The van der Waals surface area contributed by atoms with E-state index in [9.17, 15) is 4.79 Å². The molecule has 2 N–H and O–H groups in total. The first-order valence-corrected chi connectivity index (χ1v) is 11.4. The zero-order valence-electron chi connectivity index (χ0n) is 17.0. The average molecular weight is 400 g/mol. The van der Waals surface area contributed by atoms with Gasteiger partial charge in [0.2, 0.25) is 0 Å². The second kappa shape index (κ2) is 8.66. The smallest absolute Gasteiger partial charge is 0.256 e. The minimum Gasteiger partial charge on any atom is -0.497 e. The molecule has 1 aromatic carbocycles. The summed E-state index contributed by atoms with van der Waals surface area (Å²) in [5.74, 6) is 1.60. The van der Waals surface area contributed by atoms with Crippen molar-refractivity contribution in [1.29, 1.82) is 0 Å². The van der Waals surface area contributed by atoms with Gasteiger partial charge in [0, 0.05) is 16.0 Å². The quantitative estimate of drug-likeness (QED) is 0.805. The fourth-order valence-corrected chi connectivity index (χ4v) is 5.74. The summed E-state index contributed by atoms with van der Waals surface area (Å²) < 4.78 is 5.20. The second-order valence-electron chi connectivity index (χ2n) is 8.31. The molecule has 2 aromatic rings. The molecule has 1 aliphatic heterocycles. The zero-order valence-corrected chi connectivity index (χ0v) is 17.8. The Morgan fingerprint density at radius 3 is 2.61 bits per heavy atom. The Morgan fingerprint density at radius 1 is 1.18 bits per heavy atom. The predicted octanol–water partition coefficient (Wildman–Crippen LogP) is 3.70. The lowest BCUT2D eigenvalue weighted by Gasteiger charge is -2.28. The van der Waals surface area contributed by atoms with Crippen molar-refractivity contribution in [3.8, 4) is 5.75 Å². The summed E-state index contributed by atoms with van der Waals surface area (Å²) in [7, 11) is 1.64. The topological polar surface area (TPSA) is 42.8 Å². The number of carbonyl (C=O) groups is 1. The lowest BCUT2D eigenvalue weighted by atomic mass is 9.94. The van der Waals surface area contributed by atoms with E-state index in [0.717, 1.165) is 29.6 Å². The Balaban J connectivity index is 1.55. The third kappa shape index (κ3) is 4.26. The largest absolute Gasteiger partial charge is 0.497 e. The number of likely N-dealkylation sites (tertiary alicyclic amines) is 1. The van der Waals surface area contributed by atoms with E-state index < -0.39 is 0 Å². The van der Waals surface area contributed by atoms with Crippen LogP contribution in [0.5, 0.6) is 5.75 Å². The van der Waals surface area contributed by atoms with Gasteiger partial charge in [-0.25, -0.2) is 0 Å². The number of quaternary nitrogens is 1. The van der Waals surface area contributed by atoms with E-state index in [1.54, 1.807) is 12.0 Å². The van der Waals surface area contributed by atoms with E-state index in [1.807, 2.05) is 35.6 Å². The van der Waals surface area contributed by atoms with Gasteiger partial charge in [0.05, 0.1) is 20.2 Å². The fourth-order valence-electron chi connectivity index (χ4n) is 4.43. The molecule has 0 bridgehead atoms. The number of thiophene rings is 1. The maximum Gasteiger partial charge on any atom is 0.256 e. The molecular weight excluding hydrogens is 368 g/mol. The van der Waals surface area contributed by atoms with E-state index in [-0.39, 0.29) is 5.91 Å². The Bertz CT molecular complexity index is 820. The number of ether oxygens (including phenoxy) is 1. The SMILES string of the molecule is COc1ccc(C(=O)Nc2sc3c(c2C[NH+]2CCC(C)CC2)CCCC3)cc1. The third-order valence-electron chi connectivity index (χ3n) is 6.27. The molecule has 2 heterocycles. The van der Waals surface area contributed by atoms with Crippen molar-refractivity contribution in [2.45, 2.75) is 52.0 Å². The molecule has 2 aliphatic rings. The van der Waals surface area contributed by atoms with Gasteiger partial charge < -0.3 is 15.0 Å². The molecule has 1 saturated heterocycles. The molecule has 1 amide bonds. The van der Waals surface area contributed by atoms with E-state index in [2.05, 4.69) is 12.2 Å². The summed E-state index contributed by atoms with van der Waals surface area (Å²) in [4.78, 5) is 16.0. The van der Waals surface area contributed by atoms with Crippen molar-refractivity contribution in [3.05, 3.63) is 45.8 Å². The van der Waals surface area contributed by atoms with E-state index in [4.69, 9.17) is 4.74 Å². The van der Waals surface area contributed by atoms with Crippen molar-refractivity contribution in [1.82, 2.24) is 0 Å². The van der Waals surface area contributed by atoms with Gasteiger partial charge in [-0.3, -0.25) is 4.79 Å². The normalized spacial score (nSPS) is 21.8. The van der Waals surface area contributed by atoms with E-state index in [0.29, 0.717) is 5.56 Å². The van der Waals surface area contributed by atoms with Crippen LogP contribution < -0.4 is 15.0 Å². The molecule has 5 heteroatoms. The molecule has 28 heavy (non-hydrogen) atoms. The number of aryl methyl sites for hydroxylation is 1. The van der Waals surface area contributed by atoms with Crippen LogP contribution in [0.15, 0.2) is 24.3 Å². The standard InChI is InChI=1S/C23H30N2O2S/c1-16-11-13-25(14-12-16)15-20-19-5-3-4-6-21(19)28-23(20)24-22(26)17-7-9-18(27-2)10-8-17/h7-10,16H,3-6,11-15H2,1-2H3,(H,24,26)/p+1. The molecule has 1 aliphatic carbocycles. The van der Waals surface area contributed by atoms with Crippen molar-refractivity contribution < 1.29 is 14.4 Å². The Labute approximate surface area is 171 Å². The van der Waals surface area contributed by atoms with Crippen LogP contribution in [-0.2, 0) is 19.4 Å². The number of rotatable bonds is 5. The number of piperidine rings is 1. The van der Waals surface area contributed by atoms with Crippen LogP contribution in [0, 0.1) is 5.92 Å². The molecule has 4 nitrogen and oxygen atoms in total. The predicted molar refractivity (Wildman–Crippen MR) is 115 cm³/mol. The molecule has 0 atom stereocenters. The first kappa shape index (κ1) is 19.5. The number of amides is 1. The van der Waals surface area contributed by atoms with Crippen LogP contribution in [0.1, 0.15) is 59.0 Å². The van der Waals surface area contributed by atoms with Crippen LogP contribution in [-0.4, -0.2) is 26.1 Å². The first-order valence-electron chi connectivity index (χ1n) is 10.6. The monoisotopic (exact) mass is 399 g/mol. The number of methoxy groups -OCH3 is 1. The van der Waals surface area contributed by atoms with Crippen molar-refractivity contribution in [2.75, 3.05) is 25.5 Å². The van der Waals surface area contributed by atoms with Gasteiger partial charge in [-0.2, -0.15) is 0 Å². The zero-order chi connectivity index (χ0) is 19.5. The lowest BCUT2D eigenvalue weighted by Crippen LogP contribution is -3.11. The fraction of sp³-hybridized carbons (Fsp3) is 0.522. The van der Waals surface area contributed by atoms with Crippen LogP contribution in [0.3, 0.4) is 0 Å². The lowest BCUT2D eigenvalue weighted by molar-refractivity contribution is -0.919. The van der Waals surface area contributed by atoms with Crippen molar-refractivity contribution in [2.24, 2.45) is 5.92 Å². The maximum absolute atomic E-state index is 12.9. The summed E-state index contributed by atoms with van der Waals surface area (Å²) in [5.41, 5.74) is 3.62. The van der Waals surface area contributed by atoms with Crippen LogP contribution in [0.4, 0.5) is 5.00 Å². The van der Waals surface area contributed by atoms with E-state index >= 15 is 0 Å². The summed E-state index contributed by atoms with van der Waals surface area (Å²) in [6, 6.07) is 7.35. The van der Waals surface area contributed by atoms with Gasteiger partial charge in [-0.05, 0) is 74.3 Å². The molecule has 0 saturated carbocycles. The third-order valence-corrected chi connectivity index (χ3v) is 7.52. The number of nitrogens with one attached hydrogen (secondary N) is 2. The van der Waals surface area contributed by atoms with Crippen LogP contribution in [0.25, 0.3) is 0 Å². The Hall–Kier alpha value is -1.85. The molecule has 4 rings (SSSR count). The van der Waals surface area contributed by atoms with Gasteiger partial charge in [0.15, 0.2) is 0 Å². The van der Waals surface area contributed by atoms with Crippen LogP contribution >= 0.6 is 11.3 Å². The summed E-state index contributed by atoms with van der Waals surface area (Å²) >= 11 is 1.81. The molecule has 1 aromatic heterocycles. The van der Waals surface area contributed by atoms with Gasteiger partial charge in [-0.15, -0.1) is 11.3 Å². The number of benzene rings is 1. The van der Waals surface area contributed by atoms with Crippen LogP contribution in [0.2, 0.25) is 0 Å². The molecule has 150 valence electrons. The average Bonchev–Trinajstić information content (AvgIpc) is 3.06. The number of hydrogen-bond acceptors (Lipinski definition) is 3. The second-order valence-corrected chi connectivity index (χ2v) is 9.42. The highest BCUT2D eigenvalue weighted by atomic mass is 32.1. The molecule has 1 fully saturated rings. The number of carbonyl (C=O) groups excluding carboxylic acids is 1. The Morgan fingerprint density at radius 2 is 1.89 bits per heavy atom. The van der Waals surface area contributed by atoms with Gasteiger partial charge in [0.25, 0.3) is 5.91 Å². The minimum atomic E-state index is -0.0234. The molecule has 0 unspecified atom stereocenters. The first-order chi connectivity index (χ1) is 13.6. The van der Waals surface area contributed by atoms with Gasteiger partial charge in [0.1, 0.15) is 17.3 Å². The Kier molecular flexibility index (Phi) is 6.02. The highest BCUT2D eigenvalue weighted by molar-refractivity contribution is 7.16. The highest BCUT2D eigenvalue weighted by Crippen LogP contribution is 2.38. The van der Waals surface area contributed by atoms with Gasteiger partial charge >= 0.3 is 0 Å². The number of anilines is 1. The summed E-state index contributed by atoms with van der Waals surface area (Å²) in [6.07, 6.45) is 7.51. The highest BCUT2D eigenvalue weighted by Gasteiger charge is 2.27. The molecule has 0 radical (unpaired) electrons. The summed E-state index contributed by atoms with van der Waals surface area (Å²) in [5, 5.41) is 4.33. The van der Waals surface area contributed by atoms with Crippen molar-refractivity contribution >= 4 is 22.2 Å². The molecule has 0 spiro atoms. The number of hydrogen-bond donors (Lipinski definition) is 2. The summed E-state index contributed by atoms with van der Waals surface area (Å²) in [6.45, 7) is 5.91. The number of fused-ring (bicyclic) bond motifs is 1. The van der Waals surface area contributed by atoms with E-state index in [1.165, 1.54) is 61.2 Å². The van der Waals surface area contributed by atoms with Gasteiger partial charge in [-0.1, -0.05) is 6.92 Å².